The summed E-state index contributed by atoms with van der Waals surface area (Å²) in [6.45, 7) is 3.03. The number of hydroxylamine groups is 1. The van der Waals surface area contributed by atoms with E-state index in [-0.39, 0.29) is 5.56 Å². The van der Waals surface area contributed by atoms with Gasteiger partial charge in [0.15, 0.2) is 0 Å². The average Bonchev–Trinajstić information content (AvgIpc) is 2.64. The Morgan fingerprint density at radius 1 is 0.964 bits per heavy atom. The predicted octanol–water partition coefficient (Wildman–Crippen LogP) is 2.71. The number of alkyl halides is 3. The first-order chi connectivity index (χ1) is 12.9. The highest BCUT2D eigenvalue weighted by molar-refractivity contribution is 5.98. The van der Waals surface area contributed by atoms with E-state index in [2.05, 4.69) is 5.32 Å². The van der Waals surface area contributed by atoms with Gasteiger partial charge in [-0.15, -0.1) is 0 Å². The predicted molar refractivity (Wildman–Crippen MR) is 96.3 cm³/mol. The lowest BCUT2D eigenvalue weighted by Gasteiger charge is -2.29. The number of nitrogens with two attached hydrogens (primary N) is 1. The first kappa shape index (κ1) is 21.4. The Bertz CT molecular complexity index is 842. The van der Waals surface area contributed by atoms with E-state index in [1.807, 2.05) is 0 Å². The fourth-order valence-corrected chi connectivity index (χ4v) is 2.53. The second kappa shape index (κ2) is 7.99. The molecule has 0 radical (unpaired) electrons. The molecule has 9 heteroatoms. The number of benzene rings is 2. The van der Waals surface area contributed by atoms with Gasteiger partial charge in [-0.2, -0.15) is 13.2 Å². The molecule has 0 aliphatic rings. The molecule has 2 amide bonds. The molecule has 0 unspecified atom stereocenters. The van der Waals surface area contributed by atoms with E-state index in [1.54, 1.807) is 12.1 Å². The van der Waals surface area contributed by atoms with E-state index >= 15 is 0 Å². The van der Waals surface area contributed by atoms with Crippen molar-refractivity contribution >= 4 is 11.8 Å². The standard InChI is InChI=1S/C19H20F3N3O3/c1-18(2,23)15(17(27)25-28)24-16(26)13-5-3-11(4-6-13)12-7-9-14(10-8-12)19(20,21)22/h3-10,15,28H,23H2,1-2H3,(H,24,26)(H,25,27)/t15-/m1/s1. The van der Waals surface area contributed by atoms with Crippen molar-refractivity contribution in [3.05, 3.63) is 59.7 Å². The van der Waals surface area contributed by atoms with Gasteiger partial charge in [-0.05, 0) is 49.2 Å². The third-order valence-corrected chi connectivity index (χ3v) is 4.08. The fourth-order valence-electron chi connectivity index (χ4n) is 2.53. The number of halogens is 3. The Morgan fingerprint density at radius 2 is 1.43 bits per heavy atom. The van der Waals surface area contributed by atoms with Gasteiger partial charge in [0.2, 0.25) is 0 Å². The van der Waals surface area contributed by atoms with E-state index in [0.717, 1.165) is 12.1 Å². The van der Waals surface area contributed by atoms with Crippen LogP contribution in [0.1, 0.15) is 29.8 Å². The van der Waals surface area contributed by atoms with E-state index in [4.69, 9.17) is 10.9 Å². The van der Waals surface area contributed by atoms with Crippen molar-refractivity contribution in [2.45, 2.75) is 31.6 Å². The molecule has 0 aliphatic carbocycles. The number of carbonyl (C=O) groups is 2. The van der Waals surface area contributed by atoms with Gasteiger partial charge in [-0.1, -0.05) is 24.3 Å². The second-order valence-electron chi connectivity index (χ2n) is 6.86. The van der Waals surface area contributed by atoms with Crippen molar-refractivity contribution in [3.63, 3.8) is 0 Å². The molecule has 0 saturated heterocycles. The molecule has 6 nitrogen and oxygen atoms in total. The van der Waals surface area contributed by atoms with Gasteiger partial charge < -0.3 is 11.1 Å². The average molecular weight is 395 g/mol. The van der Waals surface area contributed by atoms with Gasteiger partial charge in [0.05, 0.1) is 5.56 Å². The highest BCUT2D eigenvalue weighted by atomic mass is 19.4. The minimum absolute atomic E-state index is 0.218. The van der Waals surface area contributed by atoms with Crippen LogP contribution in [0.2, 0.25) is 0 Å². The summed E-state index contributed by atoms with van der Waals surface area (Å²) >= 11 is 0. The largest absolute Gasteiger partial charge is 0.416 e. The third kappa shape index (κ3) is 5.08. The Morgan fingerprint density at radius 3 is 1.82 bits per heavy atom. The summed E-state index contributed by atoms with van der Waals surface area (Å²) in [6, 6.07) is 9.57. The maximum atomic E-state index is 12.6. The van der Waals surface area contributed by atoms with Crippen LogP contribution in [0, 0.1) is 0 Å². The van der Waals surface area contributed by atoms with E-state index in [1.165, 1.54) is 43.6 Å². The van der Waals surface area contributed by atoms with Gasteiger partial charge in [0.25, 0.3) is 11.8 Å². The van der Waals surface area contributed by atoms with Gasteiger partial charge in [0, 0.05) is 11.1 Å². The lowest BCUT2D eigenvalue weighted by Crippen LogP contribution is -2.61. The van der Waals surface area contributed by atoms with Gasteiger partial charge in [0.1, 0.15) is 6.04 Å². The zero-order valence-electron chi connectivity index (χ0n) is 15.2. The Kier molecular flexibility index (Phi) is 6.10. The molecule has 0 saturated carbocycles. The molecule has 0 spiro atoms. The zero-order chi connectivity index (χ0) is 21.1. The van der Waals surface area contributed by atoms with Gasteiger partial charge in [-0.3, -0.25) is 14.8 Å². The van der Waals surface area contributed by atoms with Crippen molar-refractivity contribution in [1.29, 1.82) is 0 Å². The van der Waals surface area contributed by atoms with Crippen molar-refractivity contribution in [3.8, 4) is 11.1 Å². The van der Waals surface area contributed by atoms with E-state index < -0.39 is 35.1 Å². The van der Waals surface area contributed by atoms with Crippen LogP contribution in [0.5, 0.6) is 0 Å². The molecule has 1 atom stereocenters. The first-order valence-electron chi connectivity index (χ1n) is 8.25. The van der Waals surface area contributed by atoms with E-state index in [9.17, 15) is 22.8 Å². The normalized spacial score (nSPS) is 13.0. The third-order valence-electron chi connectivity index (χ3n) is 4.08. The smallest absolute Gasteiger partial charge is 0.338 e. The van der Waals surface area contributed by atoms with Crippen LogP contribution in [-0.4, -0.2) is 28.6 Å². The highest BCUT2D eigenvalue weighted by Crippen LogP contribution is 2.31. The number of amides is 2. The first-order valence-corrected chi connectivity index (χ1v) is 8.25. The van der Waals surface area contributed by atoms with Crippen LogP contribution in [0.15, 0.2) is 48.5 Å². The molecule has 0 fully saturated rings. The molecular formula is C19H20F3N3O3. The van der Waals surface area contributed by atoms with Crippen LogP contribution in [0.25, 0.3) is 11.1 Å². The summed E-state index contributed by atoms with van der Waals surface area (Å²) in [5.74, 6) is -1.45. The summed E-state index contributed by atoms with van der Waals surface area (Å²) in [5, 5.41) is 11.3. The Labute approximate surface area is 159 Å². The van der Waals surface area contributed by atoms with Crippen LogP contribution in [-0.2, 0) is 11.0 Å². The van der Waals surface area contributed by atoms with Crippen molar-refractivity contribution in [2.24, 2.45) is 5.73 Å². The molecular weight excluding hydrogens is 375 g/mol. The zero-order valence-corrected chi connectivity index (χ0v) is 15.2. The molecule has 0 aromatic heterocycles. The number of carbonyl (C=O) groups excluding carboxylic acids is 2. The summed E-state index contributed by atoms with van der Waals surface area (Å²) in [4.78, 5) is 24.1. The topological polar surface area (TPSA) is 104 Å². The van der Waals surface area contributed by atoms with Crippen molar-refractivity contribution in [1.82, 2.24) is 10.8 Å². The molecule has 0 bridgehead atoms. The molecule has 0 heterocycles. The number of hydrogen-bond donors (Lipinski definition) is 4. The van der Waals surface area contributed by atoms with Crippen LogP contribution in [0.3, 0.4) is 0 Å². The lowest BCUT2D eigenvalue weighted by molar-refractivity contribution is -0.137. The van der Waals surface area contributed by atoms with Gasteiger partial charge in [-0.25, -0.2) is 5.48 Å². The lowest BCUT2D eigenvalue weighted by atomic mass is 9.94. The molecule has 2 rings (SSSR count). The maximum Gasteiger partial charge on any atom is 0.416 e. The summed E-state index contributed by atoms with van der Waals surface area (Å²) in [5.41, 5.74) is 6.83. The SMILES string of the molecule is CC(C)(N)[C@H](NC(=O)c1ccc(-c2ccc(C(F)(F)F)cc2)cc1)C(=O)NO. The van der Waals surface area contributed by atoms with Crippen molar-refractivity contribution in [2.75, 3.05) is 0 Å². The molecule has 2 aromatic carbocycles. The Hall–Kier alpha value is -2.91. The number of hydrogen-bond acceptors (Lipinski definition) is 4. The fraction of sp³-hybridized carbons (Fsp3) is 0.263. The van der Waals surface area contributed by atoms with Crippen LogP contribution >= 0.6 is 0 Å². The molecule has 5 N–H and O–H groups in total. The van der Waals surface area contributed by atoms with Crippen molar-refractivity contribution < 1.29 is 28.0 Å². The minimum Gasteiger partial charge on any atom is -0.338 e. The summed E-state index contributed by atoms with van der Waals surface area (Å²) < 4.78 is 37.9. The molecule has 28 heavy (non-hydrogen) atoms. The highest BCUT2D eigenvalue weighted by Gasteiger charge is 2.33. The maximum absolute atomic E-state index is 12.6. The quantitative estimate of drug-likeness (QED) is 0.462. The summed E-state index contributed by atoms with van der Waals surface area (Å²) in [6.07, 6.45) is -4.41. The number of nitrogens with one attached hydrogen (secondary N) is 2. The molecule has 2 aromatic rings. The Balaban J connectivity index is 2.17. The number of rotatable bonds is 5. The second-order valence-corrected chi connectivity index (χ2v) is 6.86. The summed E-state index contributed by atoms with van der Waals surface area (Å²) in [7, 11) is 0. The monoisotopic (exact) mass is 395 g/mol. The van der Waals surface area contributed by atoms with Crippen LogP contribution < -0.4 is 16.5 Å². The van der Waals surface area contributed by atoms with Crippen LogP contribution in [0.4, 0.5) is 13.2 Å². The molecule has 150 valence electrons. The van der Waals surface area contributed by atoms with E-state index in [0.29, 0.717) is 11.1 Å². The molecule has 0 aliphatic heterocycles. The van der Waals surface area contributed by atoms with Gasteiger partial charge >= 0.3 is 6.18 Å². The minimum atomic E-state index is -4.41.